The first-order valence-electron chi connectivity index (χ1n) is 3.60. The van der Waals surface area contributed by atoms with Gasteiger partial charge in [0.1, 0.15) is 0 Å². The van der Waals surface area contributed by atoms with Gasteiger partial charge in [-0.25, -0.2) is 0 Å². The molecular formula is C9H12Cl. The highest BCUT2D eigenvalue weighted by atomic mass is 35.5. The first-order chi connectivity index (χ1) is 4.70. The van der Waals surface area contributed by atoms with E-state index < -0.39 is 0 Å². The van der Waals surface area contributed by atoms with Crippen LogP contribution < -0.4 is 0 Å². The van der Waals surface area contributed by atoms with Crippen molar-refractivity contribution in [3.8, 4) is 0 Å². The number of rotatable bonds is 1. The molecule has 1 aliphatic rings. The number of allylic oxidation sites excluding steroid dienone is 4. The molecule has 0 nitrogen and oxygen atoms in total. The summed E-state index contributed by atoms with van der Waals surface area (Å²) in [4.78, 5) is 0. The Kier molecular flexibility index (Phi) is 2.56. The molecule has 0 aliphatic heterocycles. The molecule has 0 saturated heterocycles. The van der Waals surface area contributed by atoms with Crippen LogP contribution in [-0.2, 0) is 0 Å². The van der Waals surface area contributed by atoms with Crippen LogP contribution in [0.25, 0.3) is 0 Å². The van der Waals surface area contributed by atoms with E-state index in [0.29, 0.717) is 5.92 Å². The second kappa shape index (κ2) is 3.25. The van der Waals surface area contributed by atoms with Crippen molar-refractivity contribution < 1.29 is 0 Å². The maximum Gasteiger partial charge on any atom is 0.0366 e. The van der Waals surface area contributed by atoms with E-state index in [2.05, 4.69) is 20.3 Å². The van der Waals surface area contributed by atoms with Crippen LogP contribution in [0.5, 0.6) is 0 Å². The van der Waals surface area contributed by atoms with Crippen LogP contribution in [0, 0.1) is 12.3 Å². The van der Waals surface area contributed by atoms with Gasteiger partial charge in [0.15, 0.2) is 0 Å². The van der Waals surface area contributed by atoms with Crippen LogP contribution >= 0.6 is 11.6 Å². The van der Waals surface area contributed by atoms with Gasteiger partial charge >= 0.3 is 0 Å². The molecule has 0 spiro atoms. The van der Waals surface area contributed by atoms with Crippen LogP contribution in [0.15, 0.2) is 22.8 Å². The van der Waals surface area contributed by atoms with E-state index >= 15 is 0 Å². The van der Waals surface area contributed by atoms with Crippen molar-refractivity contribution in [2.24, 2.45) is 5.92 Å². The molecule has 1 heteroatoms. The average molecular weight is 156 g/mol. The van der Waals surface area contributed by atoms with Gasteiger partial charge in [-0.1, -0.05) is 37.1 Å². The zero-order valence-corrected chi connectivity index (χ0v) is 7.15. The second-order valence-corrected chi connectivity index (χ2v) is 3.26. The Morgan fingerprint density at radius 2 is 2.20 bits per heavy atom. The van der Waals surface area contributed by atoms with Crippen LogP contribution in [0.1, 0.15) is 20.3 Å². The Hall–Kier alpha value is -0.230. The minimum absolute atomic E-state index is 0.599. The highest BCUT2D eigenvalue weighted by Gasteiger charge is 2.06. The molecule has 0 amide bonds. The van der Waals surface area contributed by atoms with E-state index in [-0.39, 0.29) is 0 Å². The Bertz CT molecular complexity index is 175. The summed E-state index contributed by atoms with van der Waals surface area (Å²) in [6.07, 6.45) is 7.27. The van der Waals surface area contributed by atoms with Gasteiger partial charge < -0.3 is 0 Å². The van der Waals surface area contributed by atoms with E-state index in [1.54, 1.807) is 0 Å². The molecule has 0 saturated carbocycles. The minimum atomic E-state index is 0.599. The van der Waals surface area contributed by atoms with Gasteiger partial charge in [0.25, 0.3) is 0 Å². The van der Waals surface area contributed by atoms with Gasteiger partial charge in [0, 0.05) is 5.03 Å². The summed E-state index contributed by atoms with van der Waals surface area (Å²) in [6.45, 7) is 4.36. The number of hydrogen-bond donors (Lipinski definition) is 0. The minimum Gasteiger partial charge on any atom is -0.0847 e. The maximum atomic E-state index is 5.82. The Balaban J connectivity index is 2.69. The third-order valence-corrected chi connectivity index (χ3v) is 1.90. The van der Waals surface area contributed by atoms with Gasteiger partial charge in [-0.2, -0.15) is 0 Å². The van der Waals surface area contributed by atoms with Crippen LogP contribution in [0.3, 0.4) is 0 Å². The fraction of sp³-hybridized carbons (Fsp3) is 0.444. The largest absolute Gasteiger partial charge is 0.0847 e. The molecule has 10 heavy (non-hydrogen) atoms. The standard InChI is InChI=1S/C9H12Cl/c1-7(2)8-4-3-5-9(10)6-8/h4-7H,3H2,1-2H3. The Labute approximate surface area is 67.6 Å². The molecule has 0 bridgehead atoms. The van der Waals surface area contributed by atoms with Gasteiger partial charge in [-0.3, -0.25) is 0 Å². The summed E-state index contributed by atoms with van der Waals surface area (Å²) in [7, 11) is 0. The smallest absolute Gasteiger partial charge is 0.0366 e. The topological polar surface area (TPSA) is 0 Å². The van der Waals surface area contributed by atoms with E-state index in [1.807, 2.05) is 12.2 Å². The van der Waals surface area contributed by atoms with Gasteiger partial charge in [-0.15, -0.1) is 0 Å². The molecule has 0 fully saturated rings. The molecule has 0 unspecified atom stereocenters. The Morgan fingerprint density at radius 1 is 1.50 bits per heavy atom. The lowest BCUT2D eigenvalue weighted by Crippen LogP contribution is -1.97. The van der Waals surface area contributed by atoms with Crippen LogP contribution in [0.4, 0.5) is 0 Å². The zero-order valence-electron chi connectivity index (χ0n) is 6.39. The van der Waals surface area contributed by atoms with E-state index in [4.69, 9.17) is 11.6 Å². The molecule has 0 atom stereocenters. The third kappa shape index (κ3) is 1.88. The average Bonchev–Trinajstić information content (AvgIpc) is 1.88. The fourth-order valence-electron chi connectivity index (χ4n) is 0.987. The molecule has 0 aromatic heterocycles. The van der Waals surface area contributed by atoms with E-state index in [9.17, 15) is 0 Å². The molecule has 1 aliphatic carbocycles. The summed E-state index contributed by atoms with van der Waals surface area (Å²) >= 11 is 5.82. The monoisotopic (exact) mass is 155 g/mol. The summed E-state index contributed by atoms with van der Waals surface area (Å²) in [5.74, 6) is 0.599. The van der Waals surface area contributed by atoms with Crippen molar-refractivity contribution in [3.05, 3.63) is 29.2 Å². The summed E-state index contributed by atoms with van der Waals surface area (Å²) in [5.41, 5.74) is 1.35. The Morgan fingerprint density at radius 3 is 2.60 bits per heavy atom. The van der Waals surface area contributed by atoms with Gasteiger partial charge in [0.05, 0.1) is 0 Å². The van der Waals surface area contributed by atoms with Crippen molar-refractivity contribution >= 4 is 11.6 Å². The van der Waals surface area contributed by atoms with E-state index in [1.165, 1.54) is 5.57 Å². The highest BCUT2D eigenvalue weighted by molar-refractivity contribution is 6.31. The quantitative estimate of drug-likeness (QED) is 0.545. The van der Waals surface area contributed by atoms with Crippen molar-refractivity contribution in [1.29, 1.82) is 0 Å². The summed E-state index contributed by atoms with van der Waals surface area (Å²) in [5, 5.41) is 0.881. The van der Waals surface area contributed by atoms with Crippen molar-refractivity contribution in [2.75, 3.05) is 0 Å². The van der Waals surface area contributed by atoms with Crippen molar-refractivity contribution in [1.82, 2.24) is 0 Å². The van der Waals surface area contributed by atoms with Crippen LogP contribution in [-0.4, -0.2) is 0 Å². The molecule has 0 aromatic rings. The predicted octanol–water partition coefficient (Wildman–Crippen LogP) is 3.30. The SMILES string of the molecule is CC(C)C1=CC(Cl)=CC[CH]1. The normalized spacial score (nSPS) is 18.8. The van der Waals surface area contributed by atoms with Crippen LogP contribution in [0.2, 0.25) is 0 Å². The lowest BCUT2D eigenvalue weighted by atomic mass is 9.95. The lowest BCUT2D eigenvalue weighted by molar-refractivity contribution is 0.765. The van der Waals surface area contributed by atoms with Crippen molar-refractivity contribution in [3.63, 3.8) is 0 Å². The number of halogens is 1. The lowest BCUT2D eigenvalue weighted by Gasteiger charge is -2.12. The molecule has 55 valence electrons. The summed E-state index contributed by atoms with van der Waals surface area (Å²) < 4.78 is 0. The molecule has 0 N–H and O–H groups in total. The van der Waals surface area contributed by atoms with Gasteiger partial charge in [-0.05, 0) is 24.8 Å². The summed E-state index contributed by atoms with van der Waals surface area (Å²) in [6, 6.07) is 0. The fourth-order valence-corrected chi connectivity index (χ4v) is 1.20. The number of hydrogen-bond acceptors (Lipinski definition) is 0. The first-order valence-corrected chi connectivity index (χ1v) is 3.98. The molecule has 0 aromatic carbocycles. The first kappa shape index (κ1) is 7.87. The third-order valence-electron chi connectivity index (χ3n) is 1.64. The van der Waals surface area contributed by atoms with Gasteiger partial charge in [0.2, 0.25) is 0 Å². The molecule has 1 rings (SSSR count). The van der Waals surface area contributed by atoms with Crippen molar-refractivity contribution in [2.45, 2.75) is 20.3 Å². The highest BCUT2D eigenvalue weighted by Crippen LogP contribution is 2.23. The zero-order chi connectivity index (χ0) is 7.56. The predicted molar refractivity (Wildman–Crippen MR) is 45.8 cm³/mol. The van der Waals surface area contributed by atoms with E-state index in [0.717, 1.165) is 11.5 Å². The molecule has 1 radical (unpaired) electrons. The second-order valence-electron chi connectivity index (χ2n) is 2.83. The molecular weight excluding hydrogens is 144 g/mol. The maximum absolute atomic E-state index is 5.82. The molecule has 0 heterocycles.